The molecule has 1 aliphatic heterocycles. The molecule has 0 saturated carbocycles. The highest BCUT2D eigenvalue weighted by atomic mass is 32.1. The molecule has 1 fully saturated rings. The van der Waals surface area contributed by atoms with E-state index < -0.39 is 0 Å². The van der Waals surface area contributed by atoms with Crippen molar-refractivity contribution < 1.29 is 9.59 Å². The molecular weight excluding hydrogens is 358 g/mol. The Bertz CT molecular complexity index is 823. The molecule has 0 radical (unpaired) electrons. The van der Waals surface area contributed by atoms with Crippen LogP contribution in [0.3, 0.4) is 0 Å². The van der Waals surface area contributed by atoms with E-state index in [0.717, 1.165) is 54.2 Å². The van der Waals surface area contributed by atoms with Crippen molar-refractivity contribution in [3.8, 4) is 0 Å². The molecule has 1 aromatic carbocycles. The lowest BCUT2D eigenvalue weighted by atomic mass is 9.96. The number of hydrogen-bond donors (Lipinski definition) is 1. The first kappa shape index (κ1) is 19.5. The smallest absolute Gasteiger partial charge is 0.254 e. The first-order valence-electron chi connectivity index (χ1n) is 9.49. The quantitative estimate of drug-likeness (QED) is 0.857. The minimum absolute atomic E-state index is 0.00805. The van der Waals surface area contributed by atoms with Crippen LogP contribution in [-0.4, -0.2) is 41.3 Å². The van der Waals surface area contributed by atoms with Gasteiger partial charge in [0.2, 0.25) is 5.91 Å². The fraction of sp³-hybridized carbons (Fsp3) is 0.476. The molecule has 0 bridgehead atoms. The summed E-state index contributed by atoms with van der Waals surface area (Å²) in [6.07, 6.45) is 2.67. The molecule has 0 aliphatic carbocycles. The number of rotatable bonds is 5. The van der Waals surface area contributed by atoms with Gasteiger partial charge in [0.05, 0.1) is 10.7 Å². The maximum absolute atomic E-state index is 12.8. The summed E-state index contributed by atoms with van der Waals surface area (Å²) in [6.45, 7) is 7.76. The molecular formula is C21H27N3O2S. The molecule has 144 valence electrons. The van der Waals surface area contributed by atoms with Gasteiger partial charge >= 0.3 is 0 Å². The first-order chi connectivity index (χ1) is 12.9. The standard InChI is InChI=1S/C21H27N3O2S/c1-14-4-5-19(15(2)12-14)21(26)24-10-7-17(8-11-24)20-23-18(13-27-20)6-9-22-16(3)25/h4-5,12-13,17H,6-11H2,1-3H3,(H,22,25). The van der Waals surface area contributed by atoms with Crippen LogP contribution in [0.4, 0.5) is 0 Å². The highest BCUT2D eigenvalue weighted by Gasteiger charge is 2.26. The fourth-order valence-electron chi connectivity index (χ4n) is 3.55. The maximum atomic E-state index is 12.8. The number of hydrogen-bond acceptors (Lipinski definition) is 4. The maximum Gasteiger partial charge on any atom is 0.254 e. The van der Waals surface area contributed by atoms with Crippen LogP contribution in [0.2, 0.25) is 0 Å². The van der Waals surface area contributed by atoms with Crippen molar-refractivity contribution in [1.29, 1.82) is 0 Å². The third-order valence-corrected chi connectivity index (χ3v) is 6.12. The SMILES string of the molecule is CC(=O)NCCc1csc(C2CCN(C(=O)c3ccc(C)cc3C)CC2)n1. The zero-order chi connectivity index (χ0) is 19.4. The van der Waals surface area contributed by atoms with Crippen LogP contribution < -0.4 is 5.32 Å². The summed E-state index contributed by atoms with van der Waals surface area (Å²) >= 11 is 1.70. The van der Waals surface area contributed by atoms with Crippen molar-refractivity contribution in [3.05, 3.63) is 51.0 Å². The van der Waals surface area contributed by atoms with Gasteiger partial charge in [-0.1, -0.05) is 17.7 Å². The summed E-state index contributed by atoms with van der Waals surface area (Å²) < 4.78 is 0. The minimum Gasteiger partial charge on any atom is -0.356 e. The van der Waals surface area contributed by atoms with Crippen molar-refractivity contribution >= 4 is 23.2 Å². The van der Waals surface area contributed by atoms with Crippen molar-refractivity contribution in [2.75, 3.05) is 19.6 Å². The molecule has 27 heavy (non-hydrogen) atoms. The van der Waals surface area contributed by atoms with E-state index in [1.165, 1.54) is 12.5 Å². The number of amides is 2. The van der Waals surface area contributed by atoms with Crippen LogP contribution in [0.15, 0.2) is 23.6 Å². The second-order valence-electron chi connectivity index (χ2n) is 7.29. The lowest BCUT2D eigenvalue weighted by Crippen LogP contribution is -2.38. The Morgan fingerprint density at radius 3 is 2.67 bits per heavy atom. The van der Waals surface area contributed by atoms with Crippen LogP contribution in [0.5, 0.6) is 0 Å². The number of nitrogens with zero attached hydrogens (tertiary/aromatic N) is 2. The van der Waals surface area contributed by atoms with Crippen LogP contribution in [-0.2, 0) is 11.2 Å². The van der Waals surface area contributed by atoms with Gasteiger partial charge in [0.15, 0.2) is 0 Å². The van der Waals surface area contributed by atoms with Gasteiger partial charge in [-0.3, -0.25) is 9.59 Å². The van der Waals surface area contributed by atoms with Gasteiger partial charge in [-0.25, -0.2) is 4.98 Å². The summed E-state index contributed by atoms with van der Waals surface area (Å²) in [5.74, 6) is 0.556. The fourth-order valence-corrected chi connectivity index (χ4v) is 4.57. The highest BCUT2D eigenvalue weighted by molar-refractivity contribution is 7.09. The molecule has 3 rings (SSSR count). The lowest BCUT2D eigenvalue weighted by Gasteiger charge is -2.31. The number of aryl methyl sites for hydroxylation is 2. The van der Waals surface area contributed by atoms with E-state index in [-0.39, 0.29) is 11.8 Å². The van der Waals surface area contributed by atoms with Gasteiger partial charge in [0, 0.05) is 49.8 Å². The predicted molar refractivity (Wildman–Crippen MR) is 108 cm³/mol. The predicted octanol–water partition coefficient (Wildman–Crippen LogP) is 3.46. The Labute approximate surface area is 164 Å². The van der Waals surface area contributed by atoms with Crippen LogP contribution >= 0.6 is 11.3 Å². The summed E-state index contributed by atoms with van der Waals surface area (Å²) in [6, 6.07) is 6.02. The monoisotopic (exact) mass is 385 g/mol. The van der Waals surface area contributed by atoms with E-state index in [0.29, 0.717) is 12.5 Å². The number of likely N-dealkylation sites (tertiary alicyclic amines) is 1. The van der Waals surface area contributed by atoms with Gasteiger partial charge in [0.25, 0.3) is 5.91 Å². The van der Waals surface area contributed by atoms with E-state index >= 15 is 0 Å². The molecule has 2 aromatic rings. The largest absolute Gasteiger partial charge is 0.356 e. The van der Waals surface area contributed by atoms with Crippen LogP contribution in [0, 0.1) is 13.8 Å². The van der Waals surface area contributed by atoms with Crippen molar-refractivity contribution in [2.24, 2.45) is 0 Å². The second-order valence-corrected chi connectivity index (χ2v) is 8.18. The Hall–Kier alpha value is -2.21. The number of thiazole rings is 1. The van der Waals surface area contributed by atoms with Crippen molar-refractivity contribution in [2.45, 2.75) is 46.0 Å². The van der Waals surface area contributed by atoms with Gasteiger partial charge in [-0.2, -0.15) is 0 Å². The summed E-state index contributed by atoms with van der Waals surface area (Å²) in [5, 5.41) is 6.05. The normalized spacial score (nSPS) is 15.0. The number of aromatic nitrogens is 1. The van der Waals surface area contributed by atoms with Crippen molar-refractivity contribution in [1.82, 2.24) is 15.2 Å². The molecule has 2 amide bonds. The van der Waals surface area contributed by atoms with Crippen LogP contribution in [0.25, 0.3) is 0 Å². The van der Waals surface area contributed by atoms with Crippen LogP contribution in [0.1, 0.15) is 57.9 Å². The average Bonchev–Trinajstić information content (AvgIpc) is 3.10. The number of benzene rings is 1. The molecule has 1 N–H and O–H groups in total. The van der Waals surface area contributed by atoms with E-state index in [1.54, 1.807) is 11.3 Å². The minimum atomic E-state index is -0.00805. The third kappa shape index (κ3) is 4.95. The number of piperidine rings is 1. The number of carbonyl (C=O) groups excluding carboxylic acids is 2. The van der Waals surface area contributed by atoms with Crippen molar-refractivity contribution in [3.63, 3.8) is 0 Å². The molecule has 6 heteroatoms. The van der Waals surface area contributed by atoms with E-state index in [9.17, 15) is 9.59 Å². The van der Waals surface area contributed by atoms with Gasteiger partial charge in [-0.15, -0.1) is 11.3 Å². The van der Waals surface area contributed by atoms with Gasteiger partial charge < -0.3 is 10.2 Å². The van der Waals surface area contributed by atoms with Gasteiger partial charge in [0.1, 0.15) is 0 Å². The van der Waals surface area contributed by atoms with E-state index in [2.05, 4.69) is 16.8 Å². The van der Waals surface area contributed by atoms with E-state index in [4.69, 9.17) is 4.98 Å². The summed E-state index contributed by atoms with van der Waals surface area (Å²) in [7, 11) is 0. The van der Waals surface area contributed by atoms with E-state index in [1.807, 2.05) is 30.9 Å². The zero-order valence-electron chi connectivity index (χ0n) is 16.2. The third-order valence-electron chi connectivity index (χ3n) is 5.07. The molecule has 0 unspecified atom stereocenters. The topological polar surface area (TPSA) is 62.3 Å². The Balaban J connectivity index is 1.55. The lowest BCUT2D eigenvalue weighted by molar-refractivity contribution is -0.118. The Kier molecular flexibility index (Phi) is 6.26. The summed E-state index contributed by atoms with van der Waals surface area (Å²) in [4.78, 5) is 30.5. The van der Waals surface area contributed by atoms with Gasteiger partial charge in [-0.05, 0) is 38.3 Å². The molecule has 5 nitrogen and oxygen atoms in total. The highest BCUT2D eigenvalue weighted by Crippen LogP contribution is 2.31. The Morgan fingerprint density at radius 1 is 1.26 bits per heavy atom. The second kappa shape index (κ2) is 8.65. The molecule has 0 spiro atoms. The molecule has 2 heterocycles. The summed E-state index contributed by atoms with van der Waals surface area (Å²) in [5.41, 5.74) is 4.08. The Morgan fingerprint density at radius 2 is 2.00 bits per heavy atom. The number of nitrogens with one attached hydrogen (secondary N) is 1. The average molecular weight is 386 g/mol. The molecule has 0 atom stereocenters. The zero-order valence-corrected chi connectivity index (χ0v) is 17.1. The molecule has 1 aliphatic rings. The molecule has 1 aromatic heterocycles. The first-order valence-corrected chi connectivity index (χ1v) is 10.4. The number of carbonyl (C=O) groups is 2. The molecule has 1 saturated heterocycles.